The topological polar surface area (TPSA) is 12.5 Å². The Kier molecular flexibility index (Phi) is 6.38. The molecule has 0 aliphatic carbocycles. The highest BCUT2D eigenvalue weighted by molar-refractivity contribution is 5.22. The van der Waals surface area contributed by atoms with Crippen LogP contribution in [0, 0.1) is 0 Å². The van der Waals surface area contributed by atoms with Crippen LogP contribution in [0.3, 0.4) is 0 Å². The van der Waals surface area contributed by atoms with Crippen LogP contribution in [-0.2, 0) is 17.8 Å². The Labute approximate surface area is 117 Å². The van der Waals surface area contributed by atoms with E-state index in [1.807, 2.05) is 0 Å². The molecular weight excluding hydrogens is 234 g/mol. The van der Waals surface area contributed by atoms with Crippen molar-refractivity contribution in [3.05, 3.63) is 35.4 Å². The normalized spacial score (nSPS) is 16.7. The van der Waals surface area contributed by atoms with Crippen molar-refractivity contribution in [3.63, 3.8) is 0 Å². The van der Waals surface area contributed by atoms with Crippen LogP contribution in [0.4, 0.5) is 0 Å². The van der Waals surface area contributed by atoms with E-state index in [9.17, 15) is 0 Å². The summed E-state index contributed by atoms with van der Waals surface area (Å²) in [5.74, 6) is 0. The van der Waals surface area contributed by atoms with Crippen molar-refractivity contribution in [1.82, 2.24) is 4.90 Å². The molecule has 0 bridgehead atoms. The Morgan fingerprint density at radius 2 is 1.68 bits per heavy atom. The summed E-state index contributed by atoms with van der Waals surface area (Å²) in [5.41, 5.74) is 2.72. The summed E-state index contributed by atoms with van der Waals surface area (Å²) in [5, 5.41) is 0. The van der Waals surface area contributed by atoms with E-state index in [0.29, 0.717) is 0 Å². The minimum absolute atomic E-state index is 0.750. The summed E-state index contributed by atoms with van der Waals surface area (Å²) >= 11 is 0. The van der Waals surface area contributed by atoms with Crippen molar-refractivity contribution in [1.29, 1.82) is 0 Å². The lowest BCUT2D eigenvalue weighted by atomic mass is 10.1. The smallest absolute Gasteiger partial charge is 0.0717 e. The highest BCUT2D eigenvalue weighted by Crippen LogP contribution is 2.09. The quantitative estimate of drug-likeness (QED) is 0.695. The van der Waals surface area contributed by atoms with Gasteiger partial charge in [-0.2, -0.15) is 0 Å². The van der Waals surface area contributed by atoms with E-state index in [-0.39, 0.29) is 0 Å². The first-order valence-corrected chi connectivity index (χ1v) is 7.76. The number of likely N-dealkylation sites (tertiary alicyclic amines) is 1. The molecule has 0 unspecified atom stereocenters. The van der Waals surface area contributed by atoms with E-state index in [2.05, 4.69) is 36.1 Å². The minimum atomic E-state index is 0.750. The first-order chi connectivity index (χ1) is 9.38. The summed E-state index contributed by atoms with van der Waals surface area (Å²) in [7, 11) is 0. The van der Waals surface area contributed by atoms with Crippen LogP contribution in [0.15, 0.2) is 24.3 Å². The molecule has 1 aromatic carbocycles. The summed E-state index contributed by atoms with van der Waals surface area (Å²) < 4.78 is 5.78. The van der Waals surface area contributed by atoms with Crippen LogP contribution in [-0.4, -0.2) is 31.1 Å². The van der Waals surface area contributed by atoms with Crippen LogP contribution in [0.5, 0.6) is 0 Å². The number of nitrogens with zero attached hydrogens (tertiary/aromatic N) is 1. The summed E-state index contributed by atoms with van der Waals surface area (Å²) in [6, 6.07) is 8.86. The fraction of sp³-hybridized carbons (Fsp3) is 0.647. The van der Waals surface area contributed by atoms with Crippen LogP contribution < -0.4 is 0 Å². The van der Waals surface area contributed by atoms with E-state index in [1.54, 1.807) is 0 Å². The molecular formula is C17H27NO. The Bertz CT molecular complexity index is 341. The van der Waals surface area contributed by atoms with E-state index in [4.69, 9.17) is 4.74 Å². The second-order valence-electron chi connectivity index (χ2n) is 5.52. The zero-order chi connectivity index (χ0) is 13.3. The standard InChI is InChI=1S/C17H27NO/c1-2-6-16-7-9-17(10-8-16)15-19-14-13-18-11-4-3-5-12-18/h7-10H,2-6,11-15H2,1H3. The fourth-order valence-electron chi connectivity index (χ4n) is 2.66. The molecule has 0 spiro atoms. The average molecular weight is 261 g/mol. The molecule has 1 aliphatic heterocycles. The van der Waals surface area contributed by atoms with Crippen LogP contribution in [0.2, 0.25) is 0 Å². The van der Waals surface area contributed by atoms with Gasteiger partial charge in [-0.15, -0.1) is 0 Å². The van der Waals surface area contributed by atoms with Gasteiger partial charge in [0.2, 0.25) is 0 Å². The third kappa shape index (κ3) is 5.33. The van der Waals surface area contributed by atoms with Gasteiger partial charge < -0.3 is 9.64 Å². The van der Waals surface area contributed by atoms with Gasteiger partial charge in [-0.25, -0.2) is 0 Å². The molecule has 0 radical (unpaired) electrons. The zero-order valence-electron chi connectivity index (χ0n) is 12.2. The third-order valence-corrected chi connectivity index (χ3v) is 3.83. The molecule has 106 valence electrons. The Hall–Kier alpha value is -0.860. The molecule has 1 aliphatic rings. The predicted octanol–water partition coefficient (Wildman–Crippen LogP) is 3.64. The van der Waals surface area contributed by atoms with E-state index >= 15 is 0 Å². The van der Waals surface area contributed by atoms with Gasteiger partial charge in [-0.05, 0) is 43.5 Å². The van der Waals surface area contributed by atoms with Gasteiger partial charge in [0, 0.05) is 6.54 Å². The van der Waals surface area contributed by atoms with Gasteiger partial charge in [0.15, 0.2) is 0 Å². The lowest BCUT2D eigenvalue weighted by Crippen LogP contribution is -2.32. The maximum Gasteiger partial charge on any atom is 0.0717 e. The predicted molar refractivity (Wildman–Crippen MR) is 80.4 cm³/mol. The molecule has 1 aromatic rings. The highest BCUT2D eigenvalue weighted by Gasteiger charge is 2.08. The summed E-state index contributed by atoms with van der Waals surface area (Å²) in [6.45, 7) is 7.44. The second kappa shape index (κ2) is 8.34. The molecule has 0 aromatic heterocycles. The number of aryl methyl sites for hydroxylation is 1. The van der Waals surface area contributed by atoms with Crippen molar-refractivity contribution in [2.75, 3.05) is 26.2 Å². The lowest BCUT2D eigenvalue weighted by molar-refractivity contribution is 0.0863. The average Bonchev–Trinajstić information content (AvgIpc) is 2.47. The first kappa shape index (κ1) is 14.5. The number of benzene rings is 1. The van der Waals surface area contributed by atoms with Gasteiger partial charge in [-0.3, -0.25) is 0 Å². The van der Waals surface area contributed by atoms with Gasteiger partial charge in [0.25, 0.3) is 0 Å². The molecule has 0 saturated carbocycles. The molecule has 19 heavy (non-hydrogen) atoms. The summed E-state index contributed by atoms with van der Waals surface area (Å²) in [6.07, 6.45) is 6.51. The molecule has 0 atom stereocenters. The monoisotopic (exact) mass is 261 g/mol. The Balaban J connectivity index is 1.62. The van der Waals surface area contributed by atoms with Gasteiger partial charge in [0.05, 0.1) is 13.2 Å². The van der Waals surface area contributed by atoms with Crippen molar-refractivity contribution in [3.8, 4) is 0 Å². The van der Waals surface area contributed by atoms with Crippen molar-refractivity contribution < 1.29 is 4.74 Å². The number of hydrogen-bond acceptors (Lipinski definition) is 2. The van der Waals surface area contributed by atoms with Crippen molar-refractivity contribution in [2.24, 2.45) is 0 Å². The molecule has 0 N–H and O–H groups in total. The molecule has 2 rings (SSSR count). The summed E-state index contributed by atoms with van der Waals surface area (Å²) in [4.78, 5) is 2.52. The number of piperidine rings is 1. The maximum atomic E-state index is 5.78. The van der Waals surface area contributed by atoms with Gasteiger partial charge >= 0.3 is 0 Å². The molecule has 1 fully saturated rings. The largest absolute Gasteiger partial charge is 0.375 e. The van der Waals surface area contributed by atoms with E-state index in [0.717, 1.165) is 19.8 Å². The van der Waals surface area contributed by atoms with Crippen LogP contribution in [0.25, 0.3) is 0 Å². The van der Waals surface area contributed by atoms with Gasteiger partial charge in [-0.1, -0.05) is 44.0 Å². The Morgan fingerprint density at radius 1 is 1.00 bits per heavy atom. The lowest BCUT2D eigenvalue weighted by Gasteiger charge is -2.26. The van der Waals surface area contributed by atoms with E-state index < -0.39 is 0 Å². The van der Waals surface area contributed by atoms with Crippen molar-refractivity contribution >= 4 is 0 Å². The molecule has 2 heteroatoms. The SMILES string of the molecule is CCCc1ccc(COCCN2CCCCC2)cc1. The highest BCUT2D eigenvalue weighted by atomic mass is 16.5. The maximum absolute atomic E-state index is 5.78. The number of rotatable bonds is 7. The van der Waals surface area contributed by atoms with Crippen LogP contribution >= 0.6 is 0 Å². The Morgan fingerprint density at radius 3 is 2.37 bits per heavy atom. The molecule has 1 heterocycles. The number of hydrogen-bond donors (Lipinski definition) is 0. The molecule has 0 amide bonds. The third-order valence-electron chi connectivity index (χ3n) is 3.83. The fourth-order valence-corrected chi connectivity index (χ4v) is 2.66. The molecule has 2 nitrogen and oxygen atoms in total. The zero-order valence-corrected chi connectivity index (χ0v) is 12.2. The van der Waals surface area contributed by atoms with Crippen LogP contribution in [0.1, 0.15) is 43.7 Å². The first-order valence-electron chi connectivity index (χ1n) is 7.76. The molecule has 1 saturated heterocycles. The van der Waals surface area contributed by atoms with Crippen molar-refractivity contribution in [2.45, 2.75) is 45.6 Å². The second-order valence-corrected chi connectivity index (χ2v) is 5.52. The number of ether oxygens (including phenoxy) is 1. The van der Waals surface area contributed by atoms with E-state index in [1.165, 1.54) is 56.3 Å². The van der Waals surface area contributed by atoms with Gasteiger partial charge in [0.1, 0.15) is 0 Å². The minimum Gasteiger partial charge on any atom is -0.375 e.